The van der Waals surface area contributed by atoms with E-state index in [9.17, 15) is 4.79 Å². The third-order valence-corrected chi connectivity index (χ3v) is 5.15. The summed E-state index contributed by atoms with van der Waals surface area (Å²) in [5.74, 6) is 1.94. The third-order valence-electron chi connectivity index (χ3n) is 4.21. The summed E-state index contributed by atoms with van der Waals surface area (Å²) in [6.07, 6.45) is 2.43. The Morgan fingerprint density at radius 1 is 1.07 bits per heavy atom. The van der Waals surface area contributed by atoms with Crippen LogP contribution in [0.1, 0.15) is 34.8 Å². The molecular weight excluding hydrogens is 374 g/mol. The molecule has 148 valence electrons. The number of hydrogen-bond donors (Lipinski definition) is 0. The first-order valence-electron chi connectivity index (χ1n) is 9.45. The second kappa shape index (κ2) is 9.99. The van der Waals surface area contributed by atoms with Crippen LogP contribution in [0.25, 0.3) is 0 Å². The van der Waals surface area contributed by atoms with Gasteiger partial charge in [0.25, 0.3) is 5.91 Å². The van der Waals surface area contributed by atoms with E-state index in [0.29, 0.717) is 43.4 Å². The first kappa shape index (κ1) is 20.0. The number of rotatable bonds is 10. The van der Waals surface area contributed by atoms with Crippen molar-refractivity contribution in [2.75, 3.05) is 19.8 Å². The molecule has 2 aromatic heterocycles. The number of furan rings is 1. The van der Waals surface area contributed by atoms with Gasteiger partial charge in [-0.2, -0.15) is 0 Å². The third kappa shape index (κ3) is 5.16. The fourth-order valence-electron chi connectivity index (χ4n) is 2.91. The van der Waals surface area contributed by atoms with Crippen molar-refractivity contribution in [2.45, 2.75) is 26.8 Å². The van der Waals surface area contributed by atoms with Crippen LogP contribution in [-0.4, -0.2) is 30.6 Å². The predicted octanol–water partition coefficient (Wildman–Crippen LogP) is 5.02. The van der Waals surface area contributed by atoms with Gasteiger partial charge < -0.3 is 18.8 Å². The van der Waals surface area contributed by atoms with Gasteiger partial charge in [-0.1, -0.05) is 6.07 Å². The zero-order valence-electron chi connectivity index (χ0n) is 16.2. The van der Waals surface area contributed by atoms with Crippen molar-refractivity contribution in [3.63, 3.8) is 0 Å². The number of benzene rings is 1. The Hall–Kier alpha value is -2.73. The van der Waals surface area contributed by atoms with E-state index in [1.807, 2.05) is 36.9 Å². The van der Waals surface area contributed by atoms with Crippen molar-refractivity contribution < 1.29 is 18.7 Å². The quantitative estimate of drug-likeness (QED) is 0.480. The van der Waals surface area contributed by atoms with Gasteiger partial charge in [0.1, 0.15) is 5.76 Å². The van der Waals surface area contributed by atoms with Crippen LogP contribution >= 0.6 is 11.3 Å². The second-order valence-corrected chi connectivity index (χ2v) is 7.20. The highest BCUT2D eigenvalue weighted by molar-refractivity contribution is 7.09. The molecule has 3 aromatic rings. The number of carbonyl (C=O) groups is 1. The summed E-state index contributed by atoms with van der Waals surface area (Å²) in [6, 6.07) is 13.2. The average Bonchev–Trinajstić information content (AvgIpc) is 3.40. The second-order valence-electron chi connectivity index (χ2n) is 6.16. The molecule has 0 N–H and O–H groups in total. The zero-order chi connectivity index (χ0) is 19.8. The number of ether oxygens (including phenoxy) is 2. The number of hydrogen-bond acceptors (Lipinski definition) is 5. The minimum atomic E-state index is -0.0584. The molecule has 0 bridgehead atoms. The van der Waals surface area contributed by atoms with Crippen molar-refractivity contribution in [1.82, 2.24) is 4.90 Å². The molecule has 0 aliphatic carbocycles. The predicted molar refractivity (Wildman–Crippen MR) is 110 cm³/mol. The highest BCUT2D eigenvalue weighted by atomic mass is 32.1. The van der Waals surface area contributed by atoms with Crippen LogP contribution in [-0.2, 0) is 13.0 Å². The highest BCUT2D eigenvalue weighted by Gasteiger charge is 2.19. The molecule has 0 spiro atoms. The molecule has 6 heteroatoms. The molecule has 0 unspecified atom stereocenters. The molecule has 1 amide bonds. The first-order valence-corrected chi connectivity index (χ1v) is 10.3. The molecule has 0 aliphatic rings. The molecule has 0 saturated carbocycles. The van der Waals surface area contributed by atoms with Crippen LogP contribution in [0.5, 0.6) is 11.5 Å². The van der Waals surface area contributed by atoms with Crippen molar-refractivity contribution in [3.8, 4) is 11.5 Å². The normalized spacial score (nSPS) is 10.6. The molecule has 0 radical (unpaired) electrons. The van der Waals surface area contributed by atoms with Gasteiger partial charge in [0, 0.05) is 17.0 Å². The van der Waals surface area contributed by atoms with Crippen LogP contribution in [0.4, 0.5) is 0 Å². The SMILES string of the molecule is CCOc1ccc(C(=O)N(CCc2cccs2)Cc2ccco2)cc1OCC. The van der Waals surface area contributed by atoms with Gasteiger partial charge in [0.2, 0.25) is 0 Å². The molecule has 5 nitrogen and oxygen atoms in total. The van der Waals surface area contributed by atoms with Crippen molar-refractivity contribution >= 4 is 17.2 Å². The lowest BCUT2D eigenvalue weighted by atomic mass is 10.1. The Labute approximate surface area is 169 Å². The van der Waals surface area contributed by atoms with Crippen molar-refractivity contribution in [2.24, 2.45) is 0 Å². The van der Waals surface area contributed by atoms with E-state index in [-0.39, 0.29) is 5.91 Å². The molecule has 28 heavy (non-hydrogen) atoms. The van der Waals surface area contributed by atoms with E-state index in [1.165, 1.54) is 4.88 Å². The fraction of sp³-hybridized carbons (Fsp3) is 0.318. The maximum Gasteiger partial charge on any atom is 0.254 e. The Bertz CT molecular complexity index is 859. The van der Waals surface area contributed by atoms with E-state index in [0.717, 1.165) is 12.2 Å². The maximum absolute atomic E-state index is 13.2. The molecule has 2 heterocycles. The van der Waals surface area contributed by atoms with Gasteiger partial charge in [0.15, 0.2) is 11.5 Å². The Morgan fingerprint density at radius 3 is 2.57 bits per heavy atom. The largest absolute Gasteiger partial charge is 0.490 e. The van der Waals surface area contributed by atoms with Crippen molar-refractivity contribution in [1.29, 1.82) is 0 Å². The van der Waals surface area contributed by atoms with Crippen LogP contribution in [0.2, 0.25) is 0 Å². The molecule has 3 rings (SSSR count). The zero-order valence-corrected chi connectivity index (χ0v) is 17.0. The van der Waals surface area contributed by atoms with Crippen molar-refractivity contribution in [3.05, 3.63) is 70.3 Å². The van der Waals surface area contributed by atoms with Gasteiger partial charge in [-0.25, -0.2) is 0 Å². The Morgan fingerprint density at radius 2 is 1.89 bits per heavy atom. The number of thiophene rings is 1. The minimum Gasteiger partial charge on any atom is -0.490 e. The molecule has 0 saturated heterocycles. The van der Waals surface area contributed by atoms with Crippen LogP contribution in [0.3, 0.4) is 0 Å². The maximum atomic E-state index is 13.2. The van der Waals surface area contributed by atoms with Gasteiger partial charge in [-0.3, -0.25) is 4.79 Å². The Balaban J connectivity index is 1.81. The lowest BCUT2D eigenvalue weighted by Gasteiger charge is -2.22. The van der Waals surface area contributed by atoms with E-state index in [4.69, 9.17) is 13.9 Å². The van der Waals surface area contributed by atoms with E-state index in [1.54, 1.807) is 35.8 Å². The van der Waals surface area contributed by atoms with Gasteiger partial charge in [0.05, 0.1) is 26.0 Å². The summed E-state index contributed by atoms with van der Waals surface area (Å²) in [5.41, 5.74) is 0.574. The monoisotopic (exact) mass is 399 g/mol. The van der Waals surface area contributed by atoms with E-state index >= 15 is 0 Å². The summed E-state index contributed by atoms with van der Waals surface area (Å²) < 4.78 is 16.7. The lowest BCUT2D eigenvalue weighted by molar-refractivity contribution is 0.0733. The fourth-order valence-corrected chi connectivity index (χ4v) is 3.61. The molecular formula is C22H25NO4S. The summed E-state index contributed by atoms with van der Waals surface area (Å²) >= 11 is 1.70. The summed E-state index contributed by atoms with van der Waals surface area (Å²) in [4.78, 5) is 16.3. The topological polar surface area (TPSA) is 51.9 Å². The molecule has 0 aliphatic heterocycles. The number of carbonyl (C=O) groups excluding carboxylic acids is 1. The summed E-state index contributed by atoms with van der Waals surface area (Å²) in [6.45, 7) is 5.91. The minimum absolute atomic E-state index is 0.0584. The number of amides is 1. The smallest absolute Gasteiger partial charge is 0.254 e. The summed E-state index contributed by atoms with van der Waals surface area (Å²) in [5, 5.41) is 2.05. The average molecular weight is 400 g/mol. The van der Waals surface area contributed by atoms with Gasteiger partial charge >= 0.3 is 0 Å². The number of nitrogens with zero attached hydrogens (tertiary/aromatic N) is 1. The molecule has 0 fully saturated rings. The Kier molecular flexibility index (Phi) is 7.14. The first-order chi connectivity index (χ1) is 13.7. The molecule has 1 aromatic carbocycles. The van der Waals surface area contributed by atoms with Gasteiger partial charge in [-0.05, 0) is 62.0 Å². The molecule has 0 atom stereocenters. The lowest BCUT2D eigenvalue weighted by Crippen LogP contribution is -2.32. The van der Waals surface area contributed by atoms with Crippen LogP contribution < -0.4 is 9.47 Å². The van der Waals surface area contributed by atoms with Crippen LogP contribution in [0.15, 0.2) is 58.5 Å². The highest BCUT2D eigenvalue weighted by Crippen LogP contribution is 2.29. The van der Waals surface area contributed by atoms with Gasteiger partial charge in [-0.15, -0.1) is 11.3 Å². The van der Waals surface area contributed by atoms with E-state index < -0.39 is 0 Å². The van der Waals surface area contributed by atoms with E-state index in [2.05, 4.69) is 11.4 Å². The van der Waals surface area contributed by atoms with Crippen LogP contribution in [0, 0.1) is 0 Å². The summed E-state index contributed by atoms with van der Waals surface area (Å²) in [7, 11) is 0. The standard InChI is InChI=1S/C22H25NO4S/c1-3-25-20-10-9-17(15-21(20)26-4-2)22(24)23(16-18-7-5-13-27-18)12-11-19-8-6-14-28-19/h5-10,13-15H,3-4,11-12,16H2,1-2H3.